The molecule has 1 aliphatic rings. The van der Waals surface area contributed by atoms with Gasteiger partial charge in [0.25, 0.3) is 0 Å². The van der Waals surface area contributed by atoms with E-state index in [1.165, 1.54) is 4.68 Å². The number of halogens is 1. The normalized spacial score (nSPS) is 14.2. The van der Waals surface area contributed by atoms with Crippen molar-refractivity contribution in [3.8, 4) is 5.75 Å². The largest absolute Gasteiger partial charge is 0.495 e. The molecule has 4 rings (SSSR count). The average molecular weight is 428 g/mol. The minimum atomic E-state index is -0.147. The molecule has 0 aliphatic carbocycles. The first-order chi connectivity index (χ1) is 14.5. The van der Waals surface area contributed by atoms with Gasteiger partial charge in [0.1, 0.15) is 23.8 Å². The van der Waals surface area contributed by atoms with E-state index in [-0.39, 0.29) is 18.3 Å². The fourth-order valence-electron chi connectivity index (χ4n) is 3.61. The summed E-state index contributed by atoms with van der Waals surface area (Å²) in [5, 5.41) is 13.3. The van der Waals surface area contributed by atoms with Gasteiger partial charge < -0.3 is 20.3 Å². The number of benzene rings is 1. The second-order valence-electron chi connectivity index (χ2n) is 6.98. The lowest BCUT2D eigenvalue weighted by Gasteiger charge is -2.36. The number of fused-ring (bicyclic) bond motifs is 1. The fraction of sp³-hybridized carbons (Fsp3) is 0.300. The molecule has 10 heteroatoms. The van der Waals surface area contributed by atoms with Crippen molar-refractivity contribution < 1.29 is 9.53 Å². The Balaban J connectivity index is 1.44. The van der Waals surface area contributed by atoms with Gasteiger partial charge in [0, 0.05) is 44.1 Å². The third-order valence-electron chi connectivity index (χ3n) is 5.18. The maximum absolute atomic E-state index is 12.9. The highest BCUT2D eigenvalue weighted by molar-refractivity contribution is 6.32. The van der Waals surface area contributed by atoms with Gasteiger partial charge in [-0.15, -0.1) is 0 Å². The third kappa shape index (κ3) is 3.76. The number of nitrogens with zero attached hydrogens (tertiary/aromatic N) is 5. The van der Waals surface area contributed by atoms with Gasteiger partial charge >= 0.3 is 0 Å². The van der Waals surface area contributed by atoms with Gasteiger partial charge in [-0.3, -0.25) is 10.2 Å². The van der Waals surface area contributed by atoms with Crippen LogP contribution < -0.4 is 15.4 Å². The first kappa shape index (κ1) is 20.0. The van der Waals surface area contributed by atoms with Crippen molar-refractivity contribution >= 4 is 40.1 Å². The summed E-state index contributed by atoms with van der Waals surface area (Å²) in [7, 11) is 1.59. The first-order valence-corrected chi connectivity index (χ1v) is 9.88. The number of nitrogen functional groups attached to an aromatic ring is 1. The molecule has 3 N–H and O–H groups in total. The van der Waals surface area contributed by atoms with Gasteiger partial charge in [0.15, 0.2) is 5.65 Å². The number of nitrogens with one attached hydrogen (secondary N) is 1. The Hall–Kier alpha value is -3.33. The van der Waals surface area contributed by atoms with Crippen molar-refractivity contribution in [1.29, 1.82) is 5.41 Å². The summed E-state index contributed by atoms with van der Waals surface area (Å²) in [6.07, 6.45) is 1.63. The number of hydrogen-bond acceptors (Lipinski definition) is 6. The summed E-state index contributed by atoms with van der Waals surface area (Å²) in [5.74, 6) is 0.437. The lowest BCUT2D eigenvalue weighted by molar-refractivity contribution is -0.132. The second-order valence-corrected chi connectivity index (χ2v) is 7.39. The molecule has 1 amide bonds. The molecular formula is C20H22ClN7O2. The Labute approximate surface area is 178 Å². The van der Waals surface area contributed by atoms with Crippen LogP contribution in [-0.4, -0.2) is 64.7 Å². The zero-order valence-electron chi connectivity index (χ0n) is 16.5. The number of aromatic nitrogens is 3. The Kier molecular flexibility index (Phi) is 5.45. The van der Waals surface area contributed by atoms with E-state index in [0.717, 1.165) is 5.69 Å². The Morgan fingerprint density at radius 2 is 2.03 bits per heavy atom. The monoisotopic (exact) mass is 427 g/mol. The maximum Gasteiger partial charge on any atom is 0.244 e. The van der Waals surface area contributed by atoms with Crippen LogP contribution in [0.4, 0.5) is 5.69 Å². The lowest BCUT2D eigenvalue weighted by Crippen LogP contribution is -2.49. The number of amides is 1. The van der Waals surface area contributed by atoms with Gasteiger partial charge in [-0.05, 0) is 24.3 Å². The van der Waals surface area contributed by atoms with Crippen LogP contribution in [0.3, 0.4) is 0 Å². The molecule has 1 saturated heterocycles. The van der Waals surface area contributed by atoms with Crippen LogP contribution in [0, 0.1) is 5.41 Å². The van der Waals surface area contributed by atoms with E-state index in [9.17, 15) is 4.79 Å². The molecular weight excluding hydrogens is 406 g/mol. The van der Waals surface area contributed by atoms with Crippen LogP contribution in [0.5, 0.6) is 5.75 Å². The number of nitrogens with two attached hydrogens (primary N) is 1. The van der Waals surface area contributed by atoms with Crippen LogP contribution in [0.15, 0.2) is 36.5 Å². The van der Waals surface area contributed by atoms with Crippen molar-refractivity contribution in [2.75, 3.05) is 38.2 Å². The molecule has 0 bridgehead atoms. The Morgan fingerprint density at radius 1 is 1.27 bits per heavy atom. The molecule has 1 aromatic carbocycles. The molecule has 156 valence electrons. The van der Waals surface area contributed by atoms with E-state index >= 15 is 0 Å². The first-order valence-electron chi connectivity index (χ1n) is 9.50. The number of methoxy groups -OCH3 is 1. The van der Waals surface area contributed by atoms with Crippen molar-refractivity contribution in [2.45, 2.75) is 6.54 Å². The number of carbonyl (C=O) groups excluding carboxylic acids is 1. The van der Waals surface area contributed by atoms with E-state index in [1.54, 1.807) is 25.4 Å². The molecule has 0 unspecified atom stereocenters. The third-order valence-corrected chi connectivity index (χ3v) is 5.49. The number of hydrogen-bond donors (Lipinski definition) is 2. The number of carbonyl (C=O) groups is 1. The molecule has 0 radical (unpaired) electrons. The number of ether oxygens (including phenoxy) is 1. The topological polar surface area (TPSA) is 113 Å². The highest BCUT2D eigenvalue weighted by Crippen LogP contribution is 2.29. The molecule has 1 fully saturated rings. The highest BCUT2D eigenvalue weighted by atomic mass is 35.5. The quantitative estimate of drug-likeness (QED) is 0.473. The molecule has 0 atom stereocenters. The Morgan fingerprint density at radius 3 is 2.73 bits per heavy atom. The molecule has 2 aromatic heterocycles. The SMILES string of the molecule is COc1cc(N2CCN(C(=O)Cn3nc(C(=N)N)c4cccnc43)CC2)ccc1Cl. The predicted molar refractivity (Wildman–Crippen MR) is 115 cm³/mol. The molecule has 9 nitrogen and oxygen atoms in total. The smallest absolute Gasteiger partial charge is 0.244 e. The van der Waals surface area contributed by atoms with E-state index in [1.807, 2.05) is 23.1 Å². The van der Waals surface area contributed by atoms with Crippen LogP contribution in [0.1, 0.15) is 5.69 Å². The second kappa shape index (κ2) is 8.19. The minimum absolute atomic E-state index is 0.0477. The van der Waals surface area contributed by atoms with Gasteiger partial charge in [-0.1, -0.05) is 11.6 Å². The highest BCUT2D eigenvalue weighted by Gasteiger charge is 2.24. The lowest BCUT2D eigenvalue weighted by atomic mass is 10.2. The number of rotatable bonds is 5. The van der Waals surface area contributed by atoms with Crippen LogP contribution in [0.2, 0.25) is 5.02 Å². The van der Waals surface area contributed by atoms with Crippen molar-refractivity contribution in [2.24, 2.45) is 5.73 Å². The summed E-state index contributed by atoms with van der Waals surface area (Å²) >= 11 is 6.11. The van der Waals surface area contributed by atoms with Crippen LogP contribution in [-0.2, 0) is 11.3 Å². The predicted octanol–water partition coefficient (Wildman–Crippen LogP) is 1.73. The van der Waals surface area contributed by atoms with E-state index in [4.69, 9.17) is 27.5 Å². The van der Waals surface area contributed by atoms with Crippen LogP contribution in [0.25, 0.3) is 11.0 Å². The summed E-state index contributed by atoms with van der Waals surface area (Å²) < 4.78 is 6.81. The van der Waals surface area contributed by atoms with Gasteiger partial charge in [-0.25, -0.2) is 9.67 Å². The molecule has 1 aliphatic heterocycles. The number of anilines is 1. The molecule has 3 aromatic rings. The van der Waals surface area contributed by atoms with Gasteiger partial charge in [0.2, 0.25) is 5.91 Å². The van der Waals surface area contributed by atoms with Crippen molar-refractivity contribution in [3.05, 3.63) is 47.2 Å². The van der Waals surface area contributed by atoms with E-state index in [0.29, 0.717) is 53.7 Å². The van der Waals surface area contributed by atoms with Crippen LogP contribution >= 0.6 is 11.6 Å². The summed E-state index contributed by atoms with van der Waals surface area (Å²) in [6.45, 7) is 2.64. The molecule has 0 saturated carbocycles. The zero-order chi connectivity index (χ0) is 21.3. The molecule has 30 heavy (non-hydrogen) atoms. The summed E-state index contributed by atoms with van der Waals surface area (Å²) in [5.41, 5.74) is 7.52. The number of piperazine rings is 1. The van der Waals surface area contributed by atoms with E-state index < -0.39 is 0 Å². The zero-order valence-corrected chi connectivity index (χ0v) is 17.3. The van der Waals surface area contributed by atoms with Crippen molar-refractivity contribution in [1.82, 2.24) is 19.7 Å². The minimum Gasteiger partial charge on any atom is -0.495 e. The van der Waals surface area contributed by atoms with E-state index in [2.05, 4.69) is 15.0 Å². The van der Waals surface area contributed by atoms with Gasteiger partial charge in [-0.2, -0.15) is 5.10 Å². The maximum atomic E-state index is 12.9. The summed E-state index contributed by atoms with van der Waals surface area (Å²) in [4.78, 5) is 21.2. The molecule has 0 spiro atoms. The van der Waals surface area contributed by atoms with Gasteiger partial charge in [0.05, 0.1) is 17.5 Å². The average Bonchev–Trinajstić information content (AvgIpc) is 3.13. The molecule has 3 heterocycles. The summed E-state index contributed by atoms with van der Waals surface area (Å²) in [6, 6.07) is 9.23. The fourth-order valence-corrected chi connectivity index (χ4v) is 3.80. The number of amidine groups is 1. The van der Waals surface area contributed by atoms with Crippen molar-refractivity contribution in [3.63, 3.8) is 0 Å². The number of pyridine rings is 1. The Bertz CT molecular complexity index is 1110. The standard InChI is InChI=1S/C20H22ClN7O2/c1-30-16-11-13(4-5-15(16)21)26-7-9-27(10-8-26)17(29)12-28-20-14(3-2-6-24-20)18(25-28)19(22)23/h2-6,11H,7-10,12H2,1H3,(H3,22,23).